The molecule has 0 aliphatic carbocycles. The SMILES string of the molecule is COc1ccc([C@H]2Oc3ccccc3[C@H](NCCCN3CCOCC3)[C@H]2O)cc1. The molecule has 0 aromatic heterocycles. The lowest BCUT2D eigenvalue weighted by atomic mass is 9.90. The first-order valence-electron chi connectivity index (χ1n) is 10.4. The predicted molar refractivity (Wildman–Crippen MR) is 111 cm³/mol. The number of aliphatic hydroxyl groups is 1. The van der Waals surface area contributed by atoms with Crippen molar-refractivity contribution in [2.45, 2.75) is 24.7 Å². The Balaban J connectivity index is 1.44. The Morgan fingerprint density at radius 2 is 1.86 bits per heavy atom. The standard InChI is InChI=1S/C23H30N2O4/c1-27-18-9-7-17(8-10-18)23-22(26)21(19-5-2-3-6-20(19)29-23)24-11-4-12-25-13-15-28-16-14-25/h2-3,5-10,21-24,26H,4,11-16H2,1H3/t21-,22+,23+/m0/s1. The average molecular weight is 399 g/mol. The van der Waals surface area contributed by atoms with Crippen molar-refractivity contribution in [1.82, 2.24) is 10.2 Å². The van der Waals surface area contributed by atoms with Crippen LogP contribution in [0.3, 0.4) is 0 Å². The summed E-state index contributed by atoms with van der Waals surface area (Å²) in [5.74, 6) is 1.61. The first-order chi connectivity index (χ1) is 14.3. The van der Waals surface area contributed by atoms with Gasteiger partial charge in [0.25, 0.3) is 0 Å². The van der Waals surface area contributed by atoms with E-state index in [1.807, 2.05) is 48.5 Å². The zero-order chi connectivity index (χ0) is 20.1. The molecule has 0 spiro atoms. The number of hydrogen-bond donors (Lipinski definition) is 2. The van der Waals surface area contributed by atoms with E-state index in [9.17, 15) is 5.11 Å². The number of hydrogen-bond acceptors (Lipinski definition) is 6. The molecule has 2 aliphatic heterocycles. The summed E-state index contributed by atoms with van der Waals surface area (Å²) in [6.07, 6.45) is -0.0753. The molecule has 4 rings (SSSR count). The summed E-state index contributed by atoms with van der Waals surface area (Å²) in [5.41, 5.74) is 1.95. The van der Waals surface area contributed by atoms with Crippen molar-refractivity contribution in [2.75, 3.05) is 46.5 Å². The fourth-order valence-electron chi connectivity index (χ4n) is 4.08. The van der Waals surface area contributed by atoms with E-state index in [1.54, 1.807) is 7.11 Å². The van der Waals surface area contributed by atoms with Crippen LogP contribution in [-0.2, 0) is 4.74 Å². The molecule has 2 heterocycles. The van der Waals surface area contributed by atoms with Crippen LogP contribution in [0, 0.1) is 0 Å². The molecule has 0 radical (unpaired) electrons. The first-order valence-corrected chi connectivity index (χ1v) is 10.4. The molecule has 0 unspecified atom stereocenters. The Labute approximate surface area is 172 Å². The van der Waals surface area contributed by atoms with E-state index < -0.39 is 12.2 Å². The summed E-state index contributed by atoms with van der Waals surface area (Å²) in [4.78, 5) is 2.43. The topological polar surface area (TPSA) is 63.2 Å². The average Bonchev–Trinajstić information content (AvgIpc) is 2.78. The fraction of sp³-hybridized carbons (Fsp3) is 0.478. The molecule has 3 atom stereocenters. The second-order valence-corrected chi connectivity index (χ2v) is 7.58. The Kier molecular flexibility index (Phi) is 6.67. The highest BCUT2D eigenvalue weighted by Gasteiger charge is 2.37. The van der Waals surface area contributed by atoms with E-state index in [1.165, 1.54) is 0 Å². The zero-order valence-corrected chi connectivity index (χ0v) is 16.9. The highest BCUT2D eigenvalue weighted by Crippen LogP contribution is 2.41. The van der Waals surface area contributed by atoms with Crippen LogP contribution >= 0.6 is 0 Å². The van der Waals surface area contributed by atoms with Gasteiger partial charge in [-0.15, -0.1) is 0 Å². The maximum atomic E-state index is 11.2. The molecule has 1 saturated heterocycles. The van der Waals surface area contributed by atoms with Gasteiger partial charge in [0.2, 0.25) is 0 Å². The lowest BCUT2D eigenvalue weighted by molar-refractivity contribution is -0.00905. The Morgan fingerprint density at radius 1 is 1.10 bits per heavy atom. The predicted octanol–water partition coefficient (Wildman–Crippen LogP) is 2.54. The van der Waals surface area contributed by atoms with E-state index in [0.717, 1.165) is 68.4 Å². The Morgan fingerprint density at radius 3 is 2.62 bits per heavy atom. The van der Waals surface area contributed by atoms with Gasteiger partial charge in [0.05, 0.1) is 26.4 Å². The Bertz CT molecular complexity index is 777. The molecule has 156 valence electrons. The Hall–Kier alpha value is -2.12. The van der Waals surface area contributed by atoms with Crippen LogP contribution in [0.4, 0.5) is 0 Å². The fourth-order valence-corrected chi connectivity index (χ4v) is 4.08. The normalized spacial score (nSPS) is 24.6. The number of fused-ring (bicyclic) bond motifs is 1. The van der Waals surface area contributed by atoms with Gasteiger partial charge in [-0.3, -0.25) is 4.90 Å². The number of benzene rings is 2. The van der Waals surface area contributed by atoms with Crippen molar-refractivity contribution in [1.29, 1.82) is 0 Å². The van der Waals surface area contributed by atoms with E-state index in [0.29, 0.717) is 0 Å². The van der Waals surface area contributed by atoms with Crippen molar-refractivity contribution in [2.24, 2.45) is 0 Å². The van der Waals surface area contributed by atoms with E-state index in [2.05, 4.69) is 10.2 Å². The zero-order valence-electron chi connectivity index (χ0n) is 16.9. The molecular weight excluding hydrogens is 368 g/mol. The van der Waals surface area contributed by atoms with Gasteiger partial charge in [0.1, 0.15) is 17.6 Å². The van der Waals surface area contributed by atoms with Gasteiger partial charge >= 0.3 is 0 Å². The maximum Gasteiger partial charge on any atom is 0.151 e. The number of rotatable bonds is 7. The third kappa shape index (κ3) is 4.73. The van der Waals surface area contributed by atoms with E-state index in [4.69, 9.17) is 14.2 Å². The number of nitrogens with one attached hydrogen (secondary N) is 1. The van der Waals surface area contributed by atoms with Crippen LogP contribution in [0.2, 0.25) is 0 Å². The number of methoxy groups -OCH3 is 1. The second-order valence-electron chi connectivity index (χ2n) is 7.58. The highest BCUT2D eigenvalue weighted by atomic mass is 16.5. The summed E-state index contributed by atoms with van der Waals surface area (Å²) < 4.78 is 16.8. The molecule has 6 nitrogen and oxygen atoms in total. The summed E-state index contributed by atoms with van der Waals surface area (Å²) in [7, 11) is 1.65. The molecule has 0 amide bonds. The summed E-state index contributed by atoms with van der Waals surface area (Å²) >= 11 is 0. The summed E-state index contributed by atoms with van der Waals surface area (Å²) in [6, 6.07) is 15.5. The number of ether oxygens (including phenoxy) is 3. The molecule has 1 fully saturated rings. The lowest BCUT2D eigenvalue weighted by Gasteiger charge is -2.37. The minimum atomic E-state index is -0.679. The molecule has 2 aliphatic rings. The summed E-state index contributed by atoms with van der Waals surface area (Å²) in [6.45, 7) is 5.53. The van der Waals surface area contributed by atoms with Gasteiger partial charge in [-0.05, 0) is 43.3 Å². The molecule has 6 heteroatoms. The van der Waals surface area contributed by atoms with Gasteiger partial charge in [-0.2, -0.15) is 0 Å². The summed E-state index contributed by atoms with van der Waals surface area (Å²) in [5, 5.41) is 14.7. The van der Waals surface area contributed by atoms with Gasteiger partial charge in [0, 0.05) is 18.7 Å². The third-order valence-electron chi connectivity index (χ3n) is 5.72. The van der Waals surface area contributed by atoms with Gasteiger partial charge in [0.15, 0.2) is 6.10 Å². The smallest absolute Gasteiger partial charge is 0.151 e. The minimum absolute atomic E-state index is 0.170. The third-order valence-corrected chi connectivity index (χ3v) is 5.72. The van der Waals surface area contributed by atoms with E-state index in [-0.39, 0.29) is 6.04 Å². The number of para-hydroxylation sites is 1. The number of aliphatic hydroxyl groups excluding tert-OH is 1. The molecule has 2 aromatic rings. The molecular formula is C23H30N2O4. The lowest BCUT2D eigenvalue weighted by Crippen LogP contribution is -2.42. The first kappa shape index (κ1) is 20.2. The van der Waals surface area contributed by atoms with Crippen molar-refractivity contribution in [3.05, 3.63) is 59.7 Å². The highest BCUT2D eigenvalue weighted by molar-refractivity contribution is 5.41. The van der Waals surface area contributed by atoms with Crippen LogP contribution < -0.4 is 14.8 Å². The minimum Gasteiger partial charge on any atom is -0.497 e. The molecule has 29 heavy (non-hydrogen) atoms. The molecule has 0 bridgehead atoms. The second kappa shape index (κ2) is 9.59. The van der Waals surface area contributed by atoms with Crippen molar-refractivity contribution in [3.63, 3.8) is 0 Å². The van der Waals surface area contributed by atoms with Crippen LogP contribution in [0.5, 0.6) is 11.5 Å². The molecule has 2 N–H and O–H groups in total. The van der Waals surface area contributed by atoms with Gasteiger partial charge in [-0.25, -0.2) is 0 Å². The van der Waals surface area contributed by atoms with Crippen LogP contribution in [-0.4, -0.2) is 62.6 Å². The number of nitrogens with zero attached hydrogens (tertiary/aromatic N) is 1. The van der Waals surface area contributed by atoms with Gasteiger partial charge in [-0.1, -0.05) is 30.3 Å². The van der Waals surface area contributed by atoms with Crippen molar-refractivity contribution in [3.8, 4) is 11.5 Å². The maximum absolute atomic E-state index is 11.2. The largest absolute Gasteiger partial charge is 0.497 e. The van der Waals surface area contributed by atoms with Crippen molar-refractivity contribution < 1.29 is 19.3 Å². The monoisotopic (exact) mass is 398 g/mol. The van der Waals surface area contributed by atoms with Crippen LogP contribution in [0.25, 0.3) is 0 Å². The van der Waals surface area contributed by atoms with Crippen molar-refractivity contribution >= 4 is 0 Å². The molecule has 2 aromatic carbocycles. The van der Waals surface area contributed by atoms with E-state index >= 15 is 0 Å². The van der Waals surface area contributed by atoms with Crippen LogP contribution in [0.1, 0.15) is 29.7 Å². The van der Waals surface area contributed by atoms with Gasteiger partial charge < -0.3 is 24.6 Å². The number of morpholine rings is 1. The molecule has 0 saturated carbocycles. The van der Waals surface area contributed by atoms with Crippen LogP contribution in [0.15, 0.2) is 48.5 Å². The quantitative estimate of drug-likeness (QED) is 0.699.